The van der Waals surface area contributed by atoms with Crippen LogP contribution in [0.25, 0.3) is 0 Å². The molecule has 0 bridgehead atoms. The molecule has 1 nitrogen and oxygen atoms in total. The zero-order valence-corrected chi connectivity index (χ0v) is 10.4. The van der Waals surface area contributed by atoms with Crippen LogP contribution in [0.5, 0.6) is 0 Å². The van der Waals surface area contributed by atoms with Crippen LogP contribution in [0.15, 0.2) is 0 Å². The van der Waals surface area contributed by atoms with Gasteiger partial charge >= 0.3 is 0 Å². The fourth-order valence-electron chi connectivity index (χ4n) is 2.94. The first kappa shape index (κ1) is 12.0. The van der Waals surface area contributed by atoms with Gasteiger partial charge in [-0.3, -0.25) is 0 Å². The molecule has 0 aromatic carbocycles. The molecule has 2 rings (SSSR count). The van der Waals surface area contributed by atoms with Gasteiger partial charge in [-0.05, 0) is 30.6 Å². The first-order valence-corrected chi connectivity index (χ1v) is 6.45. The summed E-state index contributed by atoms with van der Waals surface area (Å²) in [6.07, 6.45) is 7.39. The van der Waals surface area contributed by atoms with Crippen molar-refractivity contribution in [1.29, 1.82) is 0 Å². The molecule has 14 heavy (non-hydrogen) atoms. The fraction of sp³-hybridized carbons (Fsp3) is 1.00. The Bertz CT molecular complexity index is 157. The minimum Gasteiger partial charge on any atom is -0.313 e. The van der Waals surface area contributed by atoms with Crippen LogP contribution in [0.1, 0.15) is 59.8 Å². The molecule has 0 aromatic rings. The van der Waals surface area contributed by atoms with E-state index in [4.69, 9.17) is 0 Å². The molecule has 0 aromatic heterocycles. The maximum absolute atomic E-state index is 3.69. The van der Waals surface area contributed by atoms with Crippen molar-refractivity contribution in [3.63, 3.8) is 0 Å². The molecule has 1 heterocycles. The van der Waals surface area contributed by atoms with E-state index < -0.39 is 0 Å². The highest BCUT2D eigenvalue weighted by molar-refractivity contribution is 4.97. The third-order valence-electron chi connectivity index (χ3n) is 3.86. The largest absolute Gasteiger partial charge is 0.313 e. The van der Waals surface area contributed by atoms with E-state index in [9.17, 15) is 0 Å². The summed E-state index contributed by atoms with van der Waals surface area (Å²) in [6.45, 7) is 9.98. The maximum atomic E-state index is 3.69. The summed E-state index contributed by atoms with van der Waals surface area (Å²) < 4.78 is 0. The predicted molar refractivity (Wildman–Crippen MR) is 63.5 cm³/mol. The highest BCUT2D eigenvalue weighted by Gasteiger charge is 2.41. The average Bonchev–Trinajstić information content (AvgIpc) is 2.81. The van der Waals surface area contributed by atoms with Gasteiger partial charge in [-0.2, -0.15) is 0 Å². The highest BCUT2D eigenvalue weighted by Crippen LogP contribution is 2.45. The molecule has 2 fully saturated rings. The minimum absolute atomic E-state index is 0.731. The van der Waals surface area contributed by atoms with Crippen LogP contribution < -0.4 is 5.32 Å². The molecule has 1 saturated heterocycles. The molecular formula is C13H27N. The van der Waals surface area contributed by atoms with E-state index in [2.05, 4.69) is 19.2 Å². The van der Waals surface area contributed by atoms with Crippen LogP contribution in [0.4, 0.5) is 0 Å². The minimum atomic E-state index is 0.731. The summed E-state index contributed by atoms with van der Waals surface area (Å²) in [5.74, 6) is 0.824. The average molecular weight is 197 g/mol. The third kappa shape index (κ3) is 2.50. The number of hydrogen-bond acceptors (Lipinski definition) is 1. The molecular weight excluding hydrogens is 170 g/mol. The summed E-state index contributed by atoms with van der Waals surface area (Å²) >= 11 is 0. The Hall–Kier alpha value is -0.0400. The number of nitrogens with one attached hydrogen (secondary N) is 1. The van der Waals surface area contributed by atoms with E-state index in [0.717, 1.165) is 17.4 Å². The lowest BCUT2D eigenvalue weighted by molar-refractivity contribution is 0.316. The van der Waals surface area contributed by atoms with Crippen molar-refractivity contribution < 1.29 is 0 Å². The monoisotopic (exact) mass is 197 g/mol. The Kier molecular flexibility index (Phi) is 4.43. The zero-order chi connectivity index (χ0) is 10.6. The molecule has 0 radical (unpaired) electrons. The van der Waals surface area contributed by atoms with Gasteiger partial charge in [0.05, 0.1) is 0 Å². The van der Waals surface area contributed by atoms with Gasteiger partial charge in [-0.15, -0.1) is 0 Å². The van der Waals surface area contributed by atoms with Gasteiger partial charge < -0.3 is 5.32 Å². The molecule has 1 saturated carbocycles. The van der Waals surface area contributed by atoms with Crippen molar-refractivity contribution in [3.05, 3.63) is 0 Å². The van der Waals surface area contributed by atoms with Gasteiger partial charge in [0.2, 0.25) is 0 Å². The SMILES string of the molecule is CC.CC(C)C1CC2(CCCC2)CN1. The van der Waals surface area contributed by atoms with Gasteiger partial charge in [0, 0.05) is 12.6 Å². The summed E-state index contributed by atoms with van der Waals surface area (Å²) in [4.78, 5) is 0. The Balaban J connectivity index is 0.000000461. The summed E-state index contributed by atoms with van der Waals surface area (Å²) in [5, 5.41) is 3.69. The van der Waals surface area contributed by atoms with Gasteiger partial charge in [0.15, 0.2) is 0 Å². The quantitative estimate of drug-likeness (QED) is 0.677. The number of hydrogen-bond donors (Lipinski definition) is 1. The van der Waals surface area contributed by atoms with Crippen LogP contribution in [0, 0.1) is 11.3 Å². The molecule has 84 valence electrons. The second kappa shape index (κ2) is 5.16. The molecule has 1 aliphatic heterocycles. The Morgan fingerprint density at radius 1 is 1.14 bits per heavy atom. The van der Waals surface area contributed by atoms with E-state index in [1.165, 1.54) is 38.6 Å². The second-order valence-electron chi connectivity index (χ2n) is 5.14. The standard InChI is InChI=1S/C11H21N.C2H6/c1-9(2)10-7-11(8-12-10)5-3-4-6-11;1-2/h9-10,12H,3-8H2,1-2H3;1-2H3. The first-order valence-electron chi connectivity index (χ1n) is 6.45. The smallest absolute Gasteiger partial charge is 0.00960 e. The van der Waals surface area contributed by atoms with Gasteiger partial charge in [-0.25, -0.2) is 0 Å². The van der Waals surface area contributed by atoms with Gasteiger partial charge in [0.25, 0.3) is 0 Å². The van der Waals surface area contributed by atoms with Crippen molar-refractivity contribution in [3.8, 4) is 0 Å². The van der Waals surface area contributed by atoms with Crippen LogP contribution in [0.3, 0.4) is 0 Å². The van der Waals surface area contributed by atoms with Crippen LogP contribution in [0.2, 0.25) is 0 Å². The van der Waals surface area contributed by atoms with Crippen molar-refractivity contribution in [1.82, 2.24) is 5.32 Å². The molecule has 0 amide bonds. The number of rotatable bonds is 1. The van der Waals surface area contributed by atoms with Crippen LogP contribution >= 0.6 is 0 Å². The summed E-state index contributed by atoms with van der Waals surface area (Å²) in [6, 6.07) is 0.808. The third-order valence-corrected chi connectivity index (χ3v) is 3.86. The van der Waals surface area contributed by atoms with E-state index in [0.29, 0.717) is 0 Å². The molecule has 1 N–H and O–H groups in total. The molecule has 1 atom stereocenters. The Morgan fingerprint density at radius 3 is 2.14 bits per heavy atom. The maximum Gasteiger partial charge on any atom is 0.00960 e. The highest BCUT2D eigenvalue weighted by atomic mass is 15.0. The van der Waals surface area contributed by atoms with E-state index in [1.54, 1.807) is 0 Å². The van der Waals surface area contributed by atoms with Gasteiger partial charge in [-0.1, -0.05) is 40.5 Å². The second-order valence-corrected chi connectivity index (χ2v) is 5.14. The van der Waals surface area contributed by atoms with Crippen LogP contribution in [-0.4, -0.2) is 12.6 Å². The Labute approximate surface area is 89.7 Å². The fourth-order valence-corrected chi connectivity index (χ4v) is 2.94. The van der Waals surface area contributed by atoms with Crippen molar-refractivity contribution >= 4 is 0 Å². The normalized spacial score (nSPS) is 29.4. The lowest BCUT2D eigenvalue weighted by Crippen LogP contribution is -2.26. The molecule has 1 heteroatoms. The predicted octanol–water partition coefficient (Wildman–Crippen LogP) is 3.59. The molecule has 2 aliphatic rings. The van der Waals surface area contributed by atoms with Crippen molar-refractivity contribution in [2.24, 2.45) is 11.3 Å². The van der Waals surface area contributed by atoms with E-state index in [-0.39, 0.29) is 0 Å². The van der Waals surface area contributed by atoms with Crippen LogP contribution in [-0.2, 0) is 0 Å². The Morgan fingerprint density at radius 2 is 1.71 bits per heavy atom. The lowest BCUT2D eigenvalue weighted by Gasteiger charge is -2.22. The lowest BCUT2D eigenvalue weighted by atomic mass is 9.82. The first-order chi connectivity index (χ1) is 6.72. The van der Waals surface area contributed by atoms with E-state index in [1.807, 2.05) is 13.8 Å². The summed E-state index contributed by atoms with van der Waals surface area (Å²) in [7, 11) is 0. The molecule has 1 unspecified atom stereocenters. The van der Waals surface area contributed by atoms with Crippen molar-refractivity contribution in [2.45, 2.75) is 65.8 Å². The molecule has 1 spiro atoms. The summed E-state index contributed by atoms with van der Waals surface area (Å²) in [5.41, 5.74) is 0.731. The van der Waals surface area contributed by atoms with Gasteiger partial charge in [0.1, 0.15) is 0 Å². The zero-order valence-electron chi connectivity index (χ0n) is 10.4. The topological polar surface area (TPSA) is 12.0 Å². The molecule has 1 aliphatic carbocycles. The van der Waals surface area contributed by atoms with E-state index >= 15 is 0 Å². The van der Waals surface area contributed by atoms with Crippen molar-refractivity contribution in [2.75, 3.05) is 6.54 Å².